The number of hydrogen-bond donors (Lipinski definition) is 2. The van der Waals surface area contributed by atoms with Gasteiger partial charge in [-0.3, -0.25) is 0 Å². The number of nitrogens with zero attached hydrogens (tertiary/aromatic N) is 1. The molecule has 2 unspecified atom stereocenters. The number of fused-ring (bicyclic) bond motifs is 1. The van der Waals surface area contributed by atoms with Crippen molar-refractivity contribution in [3.8, 4) is 11.3 Å². The van der Waals surface area contributed by atoms with Crippen molar-refractivity contribution in [3.63, 3.8) is 0 Å². The van der Waals surface area contributed by atoms with E-state index in [9.17, 15) is 0 Å². The second-order valence-corrected chi connectivity index (χ2v) is 9.98. The lowest BCUT2D eigenvalue weighted by atomic mass is 9.74. The van der Waals surface area contributed by atoms with Crippen LogP contribution in [0.25, 0.3) is 11.3 Å². The van der Waals surface area contributed by atoms with E-state index in [2.05, 4.69) is 57.1 Å². The van der Waals surface area contributed by atoms with Crippen LogP contribution in [0, 0.1) is 0 Å². The lowest BCUT2D eigenvalue weighted by molar-refractivity contribution is 0.00578. The number of aromatic nitrogens is 2. The molecule has 1 aliphatic carbocycles. The van der Waals surface area contributed by atoms with Gasteiger partial charge >= 0.3 is 7.12 Å². The topological polar surface area (TPSA) is 59.2 Å². The molecule has 2 atom stereocenters. The molecule has 2 aliphatic heterocycles. The quantitative estimate of drug-likeness (QED) is 0.782. The average Bonchev–Trinajstić information content (AvgIpc) is 3.41. The van der Waals surface area contributed by atoms with E-state index < -0.39 is 0 Å². The van der Waals surface area contributed by atoms with E-state index in [1.165, 1.54) is 35.0 Å². The van der Waals surface area contributed by atoms with Crippen molar-refractivity contribution >= 4 is 12.6 Å². The van der Waals surface area contributed by atoms with Crippen molar-refractivity contribution in [3.05, 3.63) is 35.3 Å². The van der Waals surface area contributed by atoms with Crippen LogP contribution in [0.5, 0.6) is 0 Å². The smallest absolute Gasteiger partial charge is 0.399 e. The Morgan fingerprint density at radius 1 is 1.03 bits per heavy atom. The Morgan fingerprint density at radius 3 is 2.45 bits per heavy atom. The van der Waals surface area contributed by atoms with E-state index >= 15 is 0 Å². The lowest BCUT2D eigenvalue weighted by Crippen LogP contribution is -2.41. The van der Waals surface area contributed by atoms with Crippen LogP contribution in [0.15, 0.2) is 18.3 Å². The van der Waals surface area contributed by atoms with E-state index in [-0.39, 0.29) is 18.3 Å². The molecule has 2 aromatic rings. The van der Waals surface area contributed by atoms with Crippen molar-refractivity contribution in [1.82, 2.24) is 15.3 Å². The number of hydrogen-bond acceptors (Lipinski definition) is 4. The zero-order valence-corrected chi connectivity index (χ0v) is 18.3. The molecule has 2 saturated heterocycles. The summed E-state index contributed by atoms with van der Waals surface area (Å²) < 4.78 is 12.7. The Kier molecular flexibility index (Phi) is 4.46. The van der Waals surface area contributed by atoms with Crippen molar-refractivity contribution < 1.29 is 9.31 Å². The van der Waals surface area contributed by atoms with Crippen molar-refractivity contribution in [1.29, 1.82) is 0 Å². The minimum atomic E-state index is -0.314. The minimum Gasteiger partial charge on any atom is -0.399 e. The van der Waals surface area contributed by atoms with Crippen LogP contribution in [0.4, 0.5) is 0 Å². The maximum Gasteiger partial charge on any atom is 0.495 e. The first kappa shape index (κ1) is 19.3. The third kappa shape index (κ3) is 3.16. The third-order valence-electron chi connectivity index (χ3n) is 7.42. The molecular formula is C23H32BN3O2. The Hall–Kier alpha value is -1.63. The second-order valence-electron chi connectivity index (χ2n) is 9.98. The van der Waals surface area contributed by atoms with E-state index in [1.807, 2.05) is 6.20 Å². The lowest BCUT2D eigenvalue weighted by Gasteiger charge is -2.32. The maximum atomic E-state index is 6.35. The zero-order chi connectivity index (χ0) is 20.4. The van der Waals surface area contributed by atoms with Crippen molar-refractivity contribution in [2.75, 3.05) is 0 Å². The number of aromatic amines is 1. The van der Waals surface area contributed by atoms with Gasteiger partial charge in [0.2, 0.25) is 0 Å². The average molecular weight is 393 g/mol. The summed E-state index contributed by atoms with van der Waals surface area (Å²) in [6, 6.07) is 5.35. The molecule has 1 aromatic heterocycles. The fourth-order valence-electron chi connectivity index (χ4n) is 4.97. The van der Waals surface area contributed by atoms with Crippen LogP contribution in [0.3, 0.4) is 0 Å². The highest BCUT2D eigenvalue weighted by molar-refractivity contribution is 6.62. The van der Waals surface area contributed by atoms with Crippen LogP contribution in [0.1, 0.15) is 76.9 Å². The first-order valence-corrected chi connectivity index (χ1v) is 11.1. The number of nitrogens with one attached hydrogen (secondary N) is 2. The number of benzene rings is 1. The molecule has 5 rings (SSSR count). The van der Waals surface area contributed by atoms with Gasteiger partial charge in [-0.25, -0.2) is 4.98 Å². The van der Waals surface area contributed by atoms with Crippen molar-refractivity contribution in [2.24, 2.45) is 0 Å². The monoisotopic (exact) mass is 393 g/mol. The first-order chi connectivity index (χ1) is 13.7. The fourth-order valence-corrected chi connectivity index (χ4v) is 4.97. The molecule has 29 heavy (non-hydrogen) atoms. The van der Waals surface area contributed by atoms with Gasteiger partial charge in [0.25, 0.3) is 0 Å². The molecule has 0 spiro atoms. The SMILES string of the molecule is CC1CCC(c2ncc(-c3ccc(B4OC(C)(C)C(C)(C)O4)c4c3CCC4)[nH]2)N1. The van der Waals surface area contributed by atoms with Gasteiger partial charge in [0, 0.05) is 11.6 Å². The third-order valence-corrected chi connectivity index (χ3v) is 7.42. The Balaban J connectivity index is 1.47. The molecule has 0 bridgehead atoms. The highest BCUT2D eigenvalue weighted by Crippen LogP contribution is 2.38. The number of H-pyrrole nitrogens is 1. The van der Waals surface area contributed by atoms with Gasteiger partial charge in [-0.05, 0) is 83.3 Å². The summed E-state index contributed by atoms with van der Waals surface area (Å²) in [4.78, 5) is 8.31. The molecule has 3 heterocycles. The predicted octanol–water partition coefficient (Wildman–Crippen LogP) is 3.68. The Bertz CT molecular complexity index is 920. The Morgan fingerprint density at radius 2 is 1.76 bits per heavy atom. The molecule has 2 fully saturated rings. The summed E-state index contributed by atoms with van der Waals surface area (Å²) in [5.74, 6) is 1.06. The second kappa shape index (κ2) is 6.69. The van der Waals surface area contributed by atoms with E-state index in [4.69, 9.17) is 14.3 Å². The summed E-state index contributed by atoms with van der Waals surface area (Å²) in [7, 11) is -0.289. The van der Waals surface area contributed by atoms with E-state index in [1.54, 1.807) is 0 Å². The van der Waals surface area contributed by atoms with Crippen molar-refractivity contribution in [2.45, 2.75) is 90.0 Å². The van der Waals surface area contributed by atoms with Gasteiger partial charge in [-0.1, -0.05) is 12.1 Å². The molecule has 3 aliphatic rings. The summed E-state index contributed by atoms with van der Waals surface area (Å²) in [6.07, 6.45) is 7.73. The largest absolute Gasteiger partial charge is 0.495 e. The summed E-state index contributed by atoms with van der Waals surface area (Å²) in [5.41, 5.74) is 5.82. The number of imidazole rings is 1. The van der Waals surface area contributed by atoms with E-state index in [0.29, 0.717) is 12.1 Å². The molecule has 154 valence electrons. The van der Waals surface area contributed by atoms with Crippen LogP contribution < -0.4 is 10.8 Å². The maximum absolute atomic E-state index is 6.35. The normalized spacial score (nSPS) is 27.6. The highest BCUT2D eigenvalue weighted by atomic mass is 16.7. The van der Waals surface area contributed by atoms with Crippen LogP contribution in [-0.4, -0.2) is 34.3 Å². The summed E-state index contributed by atoms with van der Waals surface area (Å²) in [6.45, 7) is 10.7. The molecule has 6 heteroatoms. The van der Waals surface area contributed by atoms with Crippen LogP contribution in [0.2, 0.25) is 0 Å². The minimum absolute atomic E-state index is 0.289. The predicted molar refractivity (Wildman–Crippen MR) is 116 cm³/mol. The van der Waals surface area contributed by atoms with Gasteiger partial charge in [0.05, 0.1) is 29.1 Å². The molecule has 0 saturated carbocycles. The Labute approximate surface area is 174 Å². The summed E-state index contributed by atoms with van der Waals surface area (Å²) in [5, 5.41) is 3.62. The fraction of sp³-hybridized carbons (Fsp3) is 0.609. The molecule has 5 nitrogen and oxygen atoms in total. The molecular weight excluding hydrogens is 361 g/mol. The van der Waals surface area contributed by atoms with Gasteiger partial charge < -0.3 is 19.6 Å². The van der Waals surface area contributed by atoms with Crippen LogP contribution >= 0.6 is 0 Å². The van der Waals surface area contributed by atoms with Gasteiger partial charge in [0.15, 0.2) is 0 Å². The van der Waals surface area contributed by atoms with Gasteiger partial charge in [0.1, 0.15) is 5.82 Å². The molecule has 1 aromatic carbocycles. The highest BCUT2D eigenvalue weighted by Gasteiger charge is 2.52. The summed E-state index contributed by atoms with van der Waals surface area (Å²) >= 11 is 0. The zero-order valence-electron chi connectivity index (χ0n) is 18.3. The molecule has 0 amide bonds. The van der Waals surface area contributed by atoms with Gasteiger partial charge in [-0.15, -0.1) is 0 Å². The molecule has 0 radical (unpaired) electrons. The van der Waals surface area contributed by atoms with Gasteiger partial charge in [-0.2, -0.15) is 0 Å². The first-order valence-electron chi connectivity index (χ1n) is 11.1. The molecule has 2 N–H and O–H groups in total. The van der Waals surface area contributed by atoms with Crippen LogP contribution in [-0.2, 0) is 22.2 Å². The number of rotatable bonds is 3. The standard InChI is InChI=1S/C23H32BN3O2/c1-14-9-12-19(26-14)21-25-13-20(27-21)17-10-11-18(16-8-6-7-15(16)17)24-28-22(2,3)23(4,5)29-24/h10-11,13-14,19,26H,6-9,12H2,1-5H3,(H,25,27). The van der Waals surface area contributed by atoms with E-state index in [0.717, 1.165) is 30.8 Å².